The van der Waals surface area contributed by atoms with Gasteiger partial charge >= 0.3 is 5.97 Å². The summed E-state index contributed by atoms with van der Waals surface area (Å²) in [6.07, 6.45) is 12.5. The normalized spacial score (nSPS) is 26.0. The number of hydrogen-bond donors (Lipinski definition) is 2. The van der Waals surface area contributed by atoms with E-state index < -0.39 is 5.97 Å². The number of carboxylic acids is 1. The largest absolute Gasteiger partial charge is 0.481 e. The third kappa shape index (κ3) is 7.79. The Hall–Kier alpha value is -1.61. The summed E-state index contributed by atoms with van der Waals surface area (Å²) in [5, 5.41) is 19.3. The van der Waals surface area contributed by atoms with Crippen LogP contribution in [-0.4, -0.2) is 22.3 Å². The second kappa shape index (κ2) is 12.1. The fraction of sp³-hybridized carbons (Fsp3) is 0.640. The van der Waals surface area contributed by atoms with Crippen LogP contribution in [0.1, 0.15) is 70.8 Å². The van der Waals surface area contributed by atoms with Gasteiger partial charge in [-0.25, -0.2) is 0 Å². The van der Waals surface area contributed by atoms with Gasteiger partial charge in [-0.15, -0.1) is 0 Å². The molecule has 0 unspecified atom stereocenters. The van der Waals surface area contributed by atoms with Crippen molar-refractivity contribution in [3.8, 4) is 0 Å². The molecule has 0 aliphatic heterocycles. The fourth-order valence-corrected chi connectivity index (χ4v) is 4.67. The van der Waals surface area contributed by atoms with Crippen molar-refractivity contribution in [1.29, 1.82) is 0 Å². The number of allylic oxidation sites excluding steroid dienone is 2. The van der Waals surface area contributed by atoms with Crippen LogP contribution in [0.25, 0.3) is 0 Å². The molecule has 1 aromatic rings. The van der Waals surface area contributed by atoms with Crippen LogP contribution in [0, 0.1) is 23.7 Å². The molecule has 0 radical (unpaired) electrons. The average Bonchev–Trinajstić information content (AvgIpc) is 2.94. The molecule has 0 heterocycles. The molecule has 1 aromatic carbocycles. The monoisotopic (exact) mass is 386 g/mol. The summed E-state index contributed by atoms with van der Waals surface area (Å²) in [5.74, 6) is 1.46. The summed E-state index contributed by atoms with van der Waals surface area (Å²) in [6.45, 7) is 4.61. The molecule has 2 rings (SSSR count). The highest BCUT2D eigenvalue weighted by Gasteiger charge is 2.38. The quantitative estimate of drug-likeness (QED) is 0.349. The smallest absolute Gasteiger partial charge is 0.303 e. The number of aryl methyl sites for hydroxylation is 1. The Morgan fingerprint density at radius 2 is 1.93 bits per heavy atom. The van der Waals surface area contributed by atoms with Crippen LogP contribution in [-0.2, 0) is 11.2 Å². The van der Waals surface area contributed by atoms with E-state index in [2.05, 4.69) is 56.3 Å². The third-order valence-electron chi connectivity index (χ3n) is 6.49. The van der Waals surface area contributed by atoms with Crippen LogP contribution in [0.4, 0.5) is 0 Å². The van der Waals surface area contributed by atoms with Crippen molar-refractivity contribution < 1.29 is 15.0 Å². The Balaban J connectivity index is 1.74. The highest BCUT2D eigenvalue weighted by atomic mass is 16.4. The predicted molar refractivity (Wildman–Crippen MR) is 115 cm³/mol. The van der Waals surface area contributed by atoms with Crippen molar-refractivity contribution in [2.75, 3.05) is 0 Å². The first kappa shape index (κ1) is 22.7. The standard InChI is InChI=1S/C25H38O3/c1-19(14-16-21-10-6-5-7-11-21)15-17-23-22(20(2)18-24(23)26)12-8-3-4-9-13-25(27)28/h3,5-8,10-11,19-20,22-24,26H,4,9,12-18H2,1-2H3,(H,27,28)/b8-3-/t19-,20-,22-,23+,24+/m0/s1. The SMILES string of the molecule is C[C@@H](CCc1ccccc1)CC[C@@H]1[C@@H](C/C=C\CCCC(=O)O)[C@@H](C)C[C@H]1O. The Labute approximate surface area is 170 Å². The lowest BCUT2D eigenvalue weighted by molar-refractivity contribution is -0.137. The van der Waals surface area contributed by atoms with E-state index in [4.69, 9.17) is 5.11 Å². The van der Waals surface area contributed by atoms with Gasteiger partial charge in [-0.1, -0.05) is 62.8 Å². The predicted octanol–water partition coefficient (Wildman–Crippen LogP) is 5.87. The van der Waals surface area contributed by atoms with Gasteiger partial charge in [-0.05, 0) is 74.2 Å². The molecule has 3 nitrogen and oxygen atoms in total. The van der Waals surface area contributed by atoms with Crippen LogP contribution in [0.3, 0.4) is 0 Å². The number of carbonyl (C=O) groups is 1. The summed E-state index contributed by atoms with van der Waals surface area (Å²) in [4.78, 5) is 10.6. The molecule has 1 aliphatic carbocycles. The number of carboxylic acid groups (broad SMARTS) is 1. The van der Waals surface area contributed by atoms with Crippen molar-refractivity contribution >= 4 is 5.97 Å². The van der Waals surface area contributed by atoms with Gasteiger partial charge in [0.25, 0.3) is 0 Å². The zero-order valence-corrected chi connectivity index (χ0v) is 17.6. The van der Waals surface area contributed by atoms with Gasteiger partial charge in [0, 0.05) is 6.42 Å². The summed E-state index contributed by atoms with van der Waals surface area (Å²) in [5.41, 5.74) is 1.41. The molecule has 1 fully saturated rings. The van der Waals surface area contributed by atoms with E-state index in [0.717, 1.165) is 32.1 Å². The van der Waals surface area contributed by atoms with Gasteiger partial charge in [0.05, 0.1) is 6.10 Å². The van der Waals surface area contributed by atoms with Gasteiger partial charge in [0.2, 0.25) is 0 Å². The maximum Gasteiger partial charge on any atom is 0.303 e. The molecule has 5 atom stereocenters. The molecular weight excluding hydrogens is 348 g/mol. The van der Waals surface area contributed by atoms with Crippen molar-refractivity contribution in [1.82, 2.24) is 0 Å². The average molecular weight is 387 g/mol. The maximum atomic E-state index is 10.6. The molecule has 156 valence electrons. The number of unbranched alkanes of at least 4 members (excludes halogenated alkanes) is 1. The molecule has 0 bridgehead atoms. The lowest BCUT2D eigenvalue weighted by Gasteiger charge is -2.24. The van der Waals surface area contributed by atoms with Crippen LogP contribution in [0.2, 0.25) is 0 Å². The Morgan fingerprint density at radius 1 is 1.18 bits per heavy atom. The van der Waals surface area contributed by atoms with Crippen LogP contribution in [0.15, 0.2) is 42.5 Å². The van der Waals surface area contributed by atoms with E-state index in [-0.39, 0.29) is 12.5 Å². The minimum atomic E-state index is -0.720. The topological polar surface area (TPSA) is 57.5 Å². The van der Waals surface area contributed by atoms with Crippen molar-refractivity contribution in [2.45, 2.75) is 77.7 Å². The second-order valence-corrected chi connectivity index (χ2v) is 8.81. The first-order valence-corrected chi connectivity index (χ1v) is 11.1. The van der Waals surface area contributed by atoms with E-state index in [1.807, 2.05) is 0 Å². The summed E-state index contributed by atoms with van der Waals surface area (Å²) in [7, 11) is 0. The number of rotatable bonds is 12. The Kier molecular flexibility index (Phi) is 9.77. The maximum absolute atomic E-state index is 10.6. The molecule has 1 saturated carbocycles. The number of hydrogen-bond acceptors (Lipinski definition) is 2. The molecule has 28 heavy (non-hydrogen) atoms. The molecule has 0 amide bonds. The van der Waals surface area contributed by atoms with Crippen molar-refractivity contribution in [3.05, 3.63) is 48.0 Å². The number of aliphatic hydroxyl groups excluding tert-OH is 1. The number of aliphatic carboxylic acids is 1. The van der Waals surface area contributed by atoms with Gasteiger partial charge < -0.3 is 10.2 Å². The van der Waals surface area contributed by atoms with Crippen LogP contribution < -0.4 is 0 Å². The Morgan fingerprint density at radius 3 is 2.64 bits per heavy atom. The zero-order valence-electron chi connectivity index (χ0n) is 17.6. The molecule has 1 aliphatic rings. The van der Waals surface area contributed by atoms with E-state index >= 15 is 0 Å². The molecule has 0 spiro atoms. The van der Waals surface area contributed by atoms with E-state index in [1.54, 1.807) is 0 Å². The fourth-order valence-electron chi connectivity index (χ4n) is 4.67. The van der Waals surface area contributed by atoms with Crippen LogP contribution in [0.5, 0.6) is 0 Å². The van der Waals surface area contributed by atoms with Gasteiger partial charge in [-0.2, -0.15) is 0 Å². The lowest BCUT2D eigenvalue weighted by atomic mass is 9.82. The molecule has 0 saturated heterocycles. The van der Waals surface area contributed by atoms with E-state index in [0.29, 0.717) is 30.1 Å². The minimum absolute atomic E-state index is 0.165. The zero-order chi connectivity index (χ0) is 20.4. The van der Waals surface area contributed by atoms with Gasteiger partial charge in [-0.3, -0.25) is 4.79 Å². The highest BCUT2D eigenvalue weighted by molar-refractivity contribution is 5.66. The highest BCUT2D eigenvalue weighted by Crippen LogP contribution is 2.42. The lowest BCUT2D eigenvalue weighted by Crippen LogP contribution is -2.20. The number of aliphatic hydroxyl groups is 1. The van der Waals surface area contributed by atoms with Gasteiger partial charge in [0.1, 0.15) is 0 Å². The van der Waals surface area contributed by atoms with Crippen molar-refractivity contribution in [2.24, 2.45) is 23.7 Å². The molecule has 0 aromatic heterocycles. The minimum Gasteiger partial charge on any atom is -0.481 e. The van der Waals surface area contributed by atoms with E-state index in [9.17, 15) is 9.90 Å². The first-order valence-electron chi connectivity index (χ1n) is 11.1. The van der Waals surface area contributed by atoms with Crippen LogP contribution >= 0.6 is 0 Å². The molecular formula is C25H38O3. The summed E-state index contributed by atoms with van der Waals surface area (Å²) >= 11 is 0. The third-order valence-corrected chi connectivity index (χ3v) is 6.49. The van der Waals surface area contributed by atoms with E-state index in [1.165, 1.54) is 18.4 Å². The van der Waals surface area contributed by atoms with Crippen molar-refractivity contribution in [3.63, 3.8) is 0 Å². The Bertz CT molecular complexity index is 595. The first-order chi connectivity index (χ1) is 13.5. The number of benzene rings is 1. The second-order valence-electron chi connectivity index (χ2n) is 8.81. The molecule has 3 heteroatoms. The molecule has 2 N–H and O–H groups in total. The van der Waals surface area contributed by atoms with Gasteiger partial charge in [0.15, 0.2) is 0 Å². The summed E-state index contributed by atoms with van der Waals surface area (Å²) in [6, 6.07) is 10.7. The summed E-state index contributed by atoms with van der Waals surface area (Å²) < 4.78 is 0.